The van der Waals surface area contributed by atoms with E-state index in [-0.39, 0.29) is 11.9 Å². The first-order chi connectivity index (χ1) is 6.63. The second-order valence-corrected chi connectivity index (χ2v) is 3.21. The zero-order valence-corrected chi connectivity index (χ0v) is 8.37. The van der Waals surface area contributed by atoms with E-state index in [9.17, 15) is 4.79 Å². The van der Waals surface area contributed by atoms with Gasteiger partial charge < -0.3 is 5.32 Å². The summed E-state index contributed by atoms with van der Waals surface area (Å²) in [6.45, 7) is 3.46. The number of rotatable bonds is 2. The van der Waals surface area contributed by atoms with Gasteiger partial charge in [0.15, 0.2) is 0 Å². The van der Waals surface area contributed by atoms with Gasteiger partial charge in [-0.3, -0.25) is 4.79 Å². The average molecular weight is 187 g/mol. The quantitative estimate of drug-likeness (QED) is 0.703. The highest BCUT2D eigenvalue weighted by molar-refractivity contribution is 5.74. The van der Waals surface area contributed by atoms with E-state index in [1.165, 1.54) is 12.5 Å². The predicted octanol–water partition coefficient (Wildman–Crippen LogP) is 1.81. The molecule has 0 fully saturated rings. The van der Waals surface area contributed by atoms with Crippen LogP contribution in [-0.2, 0) is 4.79 Å². The van der Waals surface area contributed by atoms with Gasteiger partial charge in [0.05, 0.1) is 0 Å². The molecule has 0 saturated heterocycles. The molecule has 2 heteroatoms. The van der Waals surface area contributed by atoms with Crippen LogP contribution >= 0.6 is 0 Å². The number of hydrogen-bond acceptors (Lipinski definition) is 1. The summed E-state index contributed by atoms with van der Waals surface area (Å²) in [6, 6.07) is 7.47. The molecule has 0 heterocycles. The Bertz CT molecular complexity index is 359. The van der Waals surface area contributed by atoms with Crippen LogP contribution in [0.1, 0.15) is 24.1 Å². The summed E-state index contributed by atoms with van der Waals surface area (Å²) in [7, 11) is 0. The monoisotopic (exact) mass is 187 g/mol. The molecule has 2 nitrogen and oxygen atoms in total. The van der Waals surface area contributed by atoms with Crippen molar-refractivity contribution in [1.29, 1.82) is 0 Å². The highest BCUT2D eigenvalue weighted by atomic mass is 16.1. The summed E-state index contributed by atoms with van der Waals surface area (Å²) in [5.74, 6) is 2.42. The van der Waals surface area contributed by atoms with E-state index in [0.717, 1.165) is 5.56 Å². The van der Waals surface area contributed by atoms with Gasteiger partial charge in [0.25, 0.3) is 0 Å². The summed E-state index contributed by atoms with van der Waals surface area (Å²) in [6.07, 6.45) is 5.33. The van der Waals surface area contributed by atoms with Crippen molar-refractivity contribution in [1.82, 2.24) is 5.32 Å². The molecule has 0 aliphatic carbocycles. The summed E-state index contributed by atoms with van der Waals surface area (Å²) in [5.41, 5.74) is 2.11. The Labute approximate surface area is 84.3 Å². The minimum atomic E-state index is -0.326. The van der Waals surface area contributed by atoms with Gasteiger partial charge in [0.1, 0.15) is 6.04 Å². The molecule has 0 aliphatic rings. The third kappa shape index (κ3) is 2.63. The average Bonchev–Trinajstić information content (AvgIpc) is 2.15. The van der Waals surface area contributed by atoms with Gasteiger partial charge in [-0.25, -0.2) is 0 Å². The fraction of sp³-hybridized carbons (Fsp3) is 0.250. The number of carbonyl (C=O) groups is 1. The zero-order valence-electron chi connectivity index (χ0n) is 8.37. The number of amides is 1. The summed E-state index contributed by atoms with van der Waals surface area (Å²) in [5, 5.41) is 2.69. The van der Waals surface area contributed by atoms with Crippen LogP contribution in [-0.4, -0.2) is 5.91 Å². The van der Waals surface area contributed by atoms with Crippen LogP contribution in [0.5, 0.6) is 0 Å². The number of benzene rings is 1. The largest absolute Gasteiger partial charge is 0.339 e. The van der Waals surface area contributed by atoms with Crippen molar-refractivity contribution in [3.05, 3.63) is 35.4 Å². The topological polar surface area (TPSA) is 29.1 Å². The van der Waals surface area contributed by atoms with E-state index in [1.54, 1.807) is 0 Å². The van der Waals surface area contributed by atoms with Gasteiger partial charge in [0, 0.05) is 6.92 Å². The van der Waals surface area contributed by atoms with Gasteiger partial charge in [-0.1, -0.05) is 35.7 Å². The third-order valence-electron chi connectivity index (χ3n) is 1.92. The van der Waals surface area contributed by atoms with E-state index in [4.69, 9.17) is 6.42 Å². The number of nitrogens with one attached hydrogen (secondary N) is 1. The highest BCUT2D eigenvalue weighted by Crippen LogP contribution is 2.12. The first-order valence-electron chi connectivity index (χ1n) is 4.43. The molecule has 1 aromatic rings. The minimum absolute atomic E-state index is 0.117. The Morgan fingerprint density at radius 2 is 2.00 bits per heavy atom. The molecule has 1 N–H and O–H groups in total. The van der Waals surface area contributed by atoms with Crippen molar-refractivity contribution >= 4 is 5.91 Å². The number of carbonyl (C=O) groups excluding carboxylic acids is 1. The molecule has 0 bridgehead atoms. The van der Waals surface area contributed by atoms with Gasteiger partial charge in [-0.2, -0.15) is 0 Å². The zero-order chi connectivity index (χ0) is 10.6. The van der Waals surface area contributed by atoms with Gasteiger partial charge in [-0.05, 0) is 12.5 Å². The third-order valence-corrected chi connectivity index (χ3v) is 1.92. The fourth-order valence-corrected chi connectivity index (χ4v) is 1.18. The van der Waals surface area contributed by atoms with Crippen molar-refractivity contribution in [3.8, 4) is 12.3 Å². The molecule has 1 amide bonds. The number of hydrogen-bond donors (Lipinski definition) is 1. The summed E-state index contributed by atoms with van der Waals surface area (Å²) < 4.78 is 0. The normalized spacial score (nSPS) is 11.5. The summed E-state index contributed by atoms with van der Waals surface area (Å²) in [4.78, 5) is 10.8. The van der Waals surface area contributed by atoms with Crippen molar-refractivity contribution in [2.24, 2.45) is 0 Å². The number of terminal acetylenes is 1. The number of aryl methyl sites for hydroxylation is 1. The Morgan fingerprint density at radius 3 is 2.43 bits per heavy atom. The maximum absolute atomic E-state index is 10.8. The van der Waals surface area contributed by atoms with Gasteiger partial charge in [0.2, 0.25) is 5.91 Å². The lowest BCUT2D eigenvalue weighted by Crippen LogP contribution is -2.24. The van der Waals surface area contributed by atoms with Crippen LogP contribution in [0.3, 0.4) is 0 Å². The Balaban J connectivity index is 2.85. The lowest BCUT2D eigenvalue weighted by Gasteiger charge is -2.11. The van der Waals surface area contributed by atoms with Crippen LogP contribution in [0.25, 0.3) is 0 Å². The molecule has 1 rings (SSSR count). The molecular formula is C12H13NO. The molecule has 1 aromatic carbocycles. The molecule has 1 atom stereocenters. The van der Waals surface area contributed by atoms with Crippen molar-refractivity contribution in [2.45, 2.75) is 19.9 Å². The maximum atomic E-state index is 10.8. The highest BCUT2D eigenvalue weighted by Gasteiger charge is 2.07. The standard InChI is InChI=1S/C12H13NO/c1-4-12(13-10(3)14)11-7-5-9(2)6-8-11/h1,5-8,12H,2-3H3,(H,13,14). The molecule has 0 aromatic heterocycles. The SMILES string of the molecule is C#CC(NC(C)=O)c1ccc(C)cc1. The van der Waals surface area contributed by atoms with Gasteiger partial charge in [-0.15, -0.1) is 6.42 Å². The van der Waals surface area contributed by atoms with E-state index < -0.39 is 0 Å². The Kier molecular flexibility index (Phi) is 3.30. The van der Waals surface area contributed by atoms with Crippen LogP contribution in [0.4, 0.5) is 0 Å². The van der Waals surface area contributed by atoms with Crippen LogP contribution in [0.15, 0.2) is 24.3 Å². The van der Waals surface area contributed by atoms with E-state index in [0.29, 0.717) is 0 Å². The second-order valence-electron chi connectivity index (χ2n) is 3.21. The van der Waals surface area contributed by atoms with Crippen molar-refractivity contribution in [3.63, 3.8) is 0 Å². The molecular weight excluding hydrogens is 174 g/mol. The smallest absolute Gasteiger partial charge is 0.218 e. The molecule has 0 saturated carbocycles. The Morgan fingerprint density at radius 1 is 1.43 bits per heavy atom. The second kappa shape index (κ2) is 4.48. The van der Waals surface area contributed by atoms with E-state index in [2.05, 4.69) is 11.2 Å². The van der Waals surface area contributed by atoms with Crippen LogP contribution in [0, 0.1) is 19.3 Å². The molecule has 0 aliphatic heterocycles. The van der Waals surface area contributed by atoms with Crippen molar-refractivity contribution in [2.75, 3.05) is 0 Å². The molecule has 72 valence electrons. The maximum Gasteiger partial charge on any atom is 0.218 e. The Hall–Kier alpha value is -1.75. The summed E-state index contributed by atoms with van der Waals surface area (Å²) >= 11 is 0. The lowest BCUT2D eigenvalue weighted by atomic mass is 10.1. The van der Waals surface area contributed by atoms with Crippen LogP contribution < -0.4 is 5.32 Å². The van der Waals surface area contributed by atoms with Gasteiger partial charge >= 0.3 is 0 Å². The molecule has 1 unspecified atom stereocenters. The van der Waals surface area contributed by atoms with E-state index >= 15 is 0 Å². The van der Waals surface area contributed by atoms with Crippen molar-refractivity contribution < 1.29 is 4.79 Å². The van der Waals surface area contributed by atoms with Crippen LogP contribution in [0.2, 0.25) is 0 Å². The predicted molar refractivity (Wildman–Crippen MR) is 56.6 cm³/mol. The van der Waals surface area contributed by atoms with E-state index in [1.807, 2.05) is 31.2 Å². The molecule has 14 heavy (non-hydrogen) atoms. The first kappa shape index (κ1) is 10.3. The lowest BCUT2D eigenvalue weighted by molar-refractivity contribution is -0.119. The minimum Gasteiger partial charge on any atom is -0.339 e. The first-order valence-corrected chi connectivity index (χ1v) is 4.43. The fourth-order valence-electron chi connectivity index (χ4n) is 1.18. The molecule has 0 spiro atoms. The molecule has 0 radical (unpaired) electrons.